The van der Waals surface area contributed by atoms with Gasteiger partial charge in [0.05, 0.1) is 5.71 Å². The van der Waals surface area contributed by atoms with Crippen LogP contribution in [0.5, 0.6) is 5.75 Å². The maximum Gasteiger partial charge on any atom is 0.260 e. The molecule has 1 amide bonds. The molecule has 2 rings (SSSR count). The van der Waals surface area contributed by atoms with Crippen molar-refractivity contribution in [3.63, 3.8) is 0 Å². The first-order valence-electron chi connectivity index (χ1n) is 7.44. The van der Waals surface area contributed by atoms with Gasteiger partial charge in [-0.25, -0.2) is 0 Å². The van der Waals surface area contributed by atoms with Crippen molar-refractivity contribution in [3.8, 4) is 5.75 Å². The van der Waals surface area contributed by atoms with Gasteiger partial charge in [0, 0.05) is 12.1 Å². The van der Waals surface area contributed by atoms with E-state index < -0.39 is 6.10 Å². The number of ether oxygens (including phenoxy) is 1. The molecule has 0 saturated carbocycles. The summed E-state index contributed by atoms with van der Waals surface area (Å²) < 4.78 is 5.68. The van der Waals surface area contributed by atoms with Crippen LogP contribution in [0.1, 0.15) is 44.2 Å². The first-order valence-corrected chi connectivity index (χ1v) is 7.44. The second kappa shape index (κ2) is 7.11. The minimum Gasteiger partial charge on any atom is -0.481 e. The number of carbonyl (C=O) groups excluding carboxylic acids is 1. The first-order chi connectivity index (χ1) is 10.2. The van der Waals surface area contributed by atoms with Crippen molar-refractivity contribution in [2.45, 2.75) is 45.6 Å². The van der Waals surface area contributed by atoms with Gasteiger partial charge in [-0.3, -0.25) is 4.79 Å². The molecule has 0 spiro atoms. The minimum atomic E-state index is -0.548. The molecule has 0 fully saturated rings. The number of hydrogen-bond donors (Lipinski definition) is 2. The van der Waals surface area contributed by atoms with Crippen molar-refractivity contribution >= 4 is 11.6 Å². The van der Waals surface area contributed by atoms with Gasteiger partial charge in [0.2, 0.25) is 0 Å². The molecule has 1 unspecified atom stereocenters. The fourth-order valence-corrected chi connectivity index (χ4v) is 2.45. The molecule has 2 N–H and O–H groups in total. The summed E-state index contributed by atoms with van der Waals surface area (Å²) in [5, 5.41) is 15.3. The number of aryl methyl sites for hydroxylation is 1. The van der Waals surface area contributed by atoms with Crippen LogP contribution in [0.4, 0.5) is 0 Å². The number of amides is 1. The number of oxime groups is 1. The average molecular weight is 290 g/mol. The van der Waals surface area contributed by atoms with Gasteiger partial charge >= 0.3 is 0 Å². The molecule has 0 saturated heterocycles. The number of fused-ring (bicyclic) bond motifs is 1. The largest absolute Gasteiger partial charge is 0.481 e. The van der Waals surface area contributed by atoms with E-state index in [-0.39, 0.29) is 5.91 Å². The van der Waals surface area contributed by atoms with Crippen LogP contribution in [0.15, 0.2) is 23.4 Å². The van der Waals surface area contributed by atoms with Crippen molar-refractivity contribution in [2.24, 2.45) is 5.16 Å². The molecule has 1 aromatic carbocycles. The Hall–Kier alpha value is -2.04. The van der Waals surface area contributed by atoms with Crippen LogP contribution >= 0.6 is 0 Å². The van der Waals surface area contributed by atoms with Crippen molar-refractivity contribution in [1.29, 1.82) is 0 Å². The number of hydrogen-bond acceptors (Lipinski definition) is 4. The zero-order chi connectivity index (χ0) is 15.2. The monoisotopic (exact) mass is 290 g/mol. The van der Waals surface area contributed by atoms with E-state index in [0.717, 1.165) is 36.8 Å². The van der Waals surface area contributed by atoms with E-state index in [4.69, 9.17) is 9.94 Å². The third-order valence-corrected chi connectivity index (χ3v) is 3.60. The Bertz CT molecular complexity index is 540. The first kappa shape index (κ1) is 15.4. The van der Waals surface area contributed by atoms with E-state index in [1.807, 2.05) is 25.1 Å². The summed E-state index contributed by atoms with van der Waals surface area (Å²) in [5.74, 6) is 0.501. The Morgan fingerprint density at radius 2 is 2.29 bits per heavy atom. The van der Waals surface area contributed by atoms with Crippen LogP contribution in [0.3, 0.4) is 0 Å². The lowest BCUT2D eigenvalue weighted by Gasteiger charge is -2.19. The highest BCUT2D eigenvalue weighted by Crippen LogP contribution is 2.26. The molecule has 0 aromatic heterocycles. The van der Waals surface area contributed by atoms with Crippen LogP contribution < -0.4 is 10.1 Å². The molecule has 21 heavy (non-hydrogen) atoms. The summed E-state index contributed by atoms with van der Waals surface area (Å²) >= 11 is 0. The fraction of sp³-hybridized carbons (Fsp3) is 0.500. The Kier molecular flexibility index (Phi) is 5.20. The van der Waals surface area contributed by atoms with Gasteiger partial charge in [-0.2, -0.15) is 0 Å². The molecule has 1 aromatic rings. The summed E-state index contributed by atoms with van der Waals surface area (Å²) in [6.45, 7) is 4.38. The summed E-state index contributed by atoms with van der Waals surface area (Å²) in [6.07, 6.45) is 3.07. The molecule has 114 valence electrons. The van der Waals surface area contributed by atoms with Crippen LogP contribution in [0.25, 0.3) is 0 Å². The van der Waals surface area contributed by atoms with Gasteiger partial charge in [0.15, 0.2) is 6.10 Å². The molecule has 5 heteroatoms. The van der Waals surface area contributed by atoms with Gasteiger partial charge in [-0.05, 0) is 50.3 Å². The third-order valence-electron chi connectivity index (χ3n) is 3.60. The smallest absolute Gasteiger partial charge is 0.260 e. The number of nitrogens with zero attached hydrogens (tertiary/aromatic N) is 1. The standard InChI is InChI=1S/C16H22N2O3/c1-3-9-17-16(19)11(2)21-13-8-7-12-5-4-6-15(18-20)14(12)10-13/h7-8,10-11,20H,3-6,9H2,1-2H3,(H,17,19)/b18-15-. The molecule has 5 nitrogen and oxygen atoms in total. The minimum absolute atomic E-state index is 0.120. The maximum absolute atomic E-state index is 11.8. The molecule has 0 heterocycles. The molecular formula is C16H22N2O3. The summed E-state index contributed by atoms with van der Waals surface area (Å²) in [4.78, 5) is 11.8. The molecule has 0 bridgehead atoms. The second-order valence-corrected chi connectivity index (χ2v) is 5.27. The highest BCUT2D eigenvalue weighted by Gasteiger charge is 2.19. The number of rotatable bonds is 5. The van der Waals surface area contributed by atoms with Crippen molar-refractivity contribution < 1.29 is 14.7 Å². The average Bonchev–Trinajstić information content (AvgIpc) is 2.51. The highest BCUT2D eigenvalue weighted by molar-refractivity contribution is 6.02. The Morgan fingerprint density at radius 3 is 3.00 bits per heavy atom. The Labute approximate surface area is 125 Å². The van der Waals surface area contributed by atoms with E-state index in [0.29, 0.717) is 18.0 Å². The van der Waals surface area contributed by atoms with Gasteiger partial charge in [0.25, 0.3) is 5.91 Å². The van der Waals surface area contributed by atoms with Crippen molar-refractivity contribution in [3.05, 3.63) is 29.3 Å². The third kappa shape index (κ3) is 3.74. The number of nitrogens with one attached hydrogen (secondary N) is 1. The maximum atomic E-state index is 11.8. The molecular weight excluding hydrogens is 268 g/mol. The molecule has 1 aliphatic carbocycles. The van der Waals surface area contributed by atoms with E-state index in [2.05, 4.69) is 10.5 Å². The lowest BCUT2D eigenvalue weighted by atomic mass is 9.90. The van der Waals surface area contributed by atoms with Crippen LogP contribution in [-0.2, 0) is 11.2 Å². The zero-order valence-corrected chi connectivity index (χ0v) is 12.6. The SMILES string of the molecule is CCCNC(=O)C(C)Oc1ccc2c(c1)/C(=N\O)CCC2. The van der Waals surface area contributed by atoms with Crippen LogP contribution in [-0.4, -0.2) is 29.5 Å². The Balaban J connectivity index is 2.09. The van der Waals surface area contributed by atoms with Gasteiger partial charge in [-0.1, -0.05) is 18.1 Å². The lowest BCUT2D eigenvalue weighted by molar-refractivity contribution is -0.127. The fourth-order valence-electron chi connectivity index (χ4n) is 2.45. The molecule has 0 radical (unpaired) electrons. The molecule has 0 aliphatic heterocycles. The molecule has 1 atom stereocenters. The normalized spacial score (nSPS) is 17.1. The van der Waals surface area contributed by atoms with E-state index in [9.17, 15) is 4.79 Å². The van der Waals surface area contributed by atoms with Gasteiger partial charge in [0.1, 0.15) is 5.75 Å². The second-order valence-electron chi connectivity index (χ2n) is 5.27. The summed E-state index contributed by atoms with van der Waals surface area (Å²) in [5.41, 5.74) is 2.76. The summed E-state index contributed by atoms with van der Waals surface area (Å²) in [7, 11) is 0. The van der Waals surface area contributed by atoms with E-state index >= 15 is 0 Å². The van der Waals surface area contributed by atoms with Crippen molar-refractivity contribution in [1.82, 2.24) is 5.32 Å². The van der Waals surface area contributed by atoms with E-state index in [1.54, 1.807) is 6.92 Å². The van der Waals surface area contributed by atoms with Crippen LogP contribution in [0, 0.1) is 0 Å². The predicted octanol–water partition coefficient (Wildman–Crippen LogP) is 2.49. The van der Waals surface area contributed by atoms with Crippen LogP contribution in [0.2, 0.25) is 0 Å². The lowest BCUT2D eigenvalue weighted by Crippen LogP contribution is -2.36. The summed E-state index contributed by atoms with van der Waals surface area (Å²) in [6, 6.07) is 5.70. The highest BCUT2D eigenvalue weighted by atomic mass is 16.5. The van der Waals surface area contributed by atoms with Crippen molar-refractivity contribution in [2.75, 3.05) is 6.54 Å². The van der Waals surface area contributed by atoms with E-state index in [1.165, 1.54) is 0 Å². The number of carbonyl (C=O) groups is 1. The quantitative estimate of drug-likeness (QED) is 0.646. The zero-order valence-electron chi connectivity index (χ0n) is 12.6. The van der Waals surface area contributed by atoms with Gasteiger partial charge in [-0.15, -0.1) is 0 Å². The Morgan fingerprint density at radius 1 is 1.48 bits per heavy atom. The van der Waals surface area contributed by atoms with Gasteiger partial charge < -0.3 is 15.3 Å². The molecule has 1 aliphatic rings. The topological polar surface area (TPSA) is 70.9 Å². The predicted molar refractivity (Wildman–Crippen MR) is 81.1 cm³/mol. The number of benzene rings is 1.